The minimum atomic E-state index is -3.58. The summed E-state index contributed by atoms with van der Waals surface area (Å²) < 4.78 is 23.5. The summed E-state index contributed by atoms with van der Waals surface area (Å²) in [5.41, 5.74) is 0.723. The molecule has 1 aromatic carbocycles. The predicted molar refractivity (Wildman–Crippen MR) is 65.2 cm³/mol. The quantitative estimate of drug-likeness (QED) is 0.633. The fraction of sp³-hybridized carbons (Fsp3) is 0. The van der Waals surface area contributed by atoms with Crippen LogP contribution in [-0.2, 0) is 10.0 Å². The molecular weight excluding hydrogens is 238 g/mol. The van der Waals surface area contributed by atoms with Gasteiger partial charge in [-0.1, -0.05) is 18.2 Å². The summed E-state index contributed by atoms with van der Waals surface area (Å²) in [5.74, 6) is 0. The Balaban J connectivity index is 2.09. The molecule has 88 valence electrons. The van der Waals surface area contributed by atoms with Gasteiger partial charge in [0.25, 0.3) is 10.0 Å². The highest BCUT2D eigenvalue weighted by molar-refractivity contribution is 7.89. The van der Waals surface area contributed by atoms with Gasteiger partial charge in [0.2, 0.25) is 0 Å². The lowest BCUT2D eigenvalue weighted by Gasteiger charge is -2.01. The number of hydrogen-bond acceptors (Lipinski definition) is 3. The maximum atomic E-state index is 11.7. The van der Waals surface area contributed by atoms with Crippen LogP contribution in [0.5, 0.6) is 0 Å². The molecule has 0 unspecified atom stereocenters. The zero-order valence-electron chi connectivity index (χ0n) is 8.87. The first-order chi connectivity index (χ1) is 8.18. The highest BCUT2D eigenvalue weighted by Crippen LogP contribution is 2.06. The fourth-order valence-electron chi connectivity index (χ4n) is 1.24. The SMILES string of the molecule is O=S(=O)(NN=Cc1ccc[nH]1)c1ccccc1. The minimum Gasteiger partial charge on any atom is -0.360 e. The van der Waals surface area contributed by atoms with Gasteiger partial charge in [0.05, 0.1) is 16.8 Å². The minimum absolute atomic E-state index is 0.184. The molecular formula is C11H11N3O2S. The van der Waals surface area contributed by atoms with E-state index in [9.17, 15) is 8.42 Å². The number of sulfonamides is 1. The molecule has 0 radical (unpaired) electrons. The van der Waals surface area contributed by atoms with Crippen molar-refractivity contribution in [1.82, 2.24) is 9.82 Å². The van der Waals surface area contributed by atoms with Gasteiger partial charge >= 0.3 is 0 Å². The van der Waals surface area contributed by atoms with Gasteiger partial charge in [-0.2, -0.15) is 13.5 Å². The smallest absolute Gasteiger partial charge is 0.276 e. The third-order valence-corrected chi connectivity index (χ3v) is 3.29. The van der Waals surface area contributed by atoms with Gasteiger partial charge < -0.3 is 4.98 Å². The number of hydrogen-bond donors (Lipinski definition) is 2. The molecule has 0 atom stereocenters. The third kappa shape index (κ3) is 2.94. The van der Waals surface area contributed by atoms with Crippen molar-refractivity contribution in [2.75, 3.05) is 0 Å². The monoisotopic (exact) mass is 249 g/mol. The van der Waals surface area contributed by atoms with Crippen molar-refractivity contribution in [2.24, 2.45) is 5.10 Å². The molecule has 0 saturated heterocycles. The molecule has 1 aromatic heterocycles. The van der Waals surface area contributed by atoms with Crippen LogP contribution in [0.2, 0.25) is 0 Å². The van der Waals surface area contributed by atoms with Crippen LogP contribution in [0.3, 0.4) is 0 Å². The van der Waals surface area contributed by atoms with Crippen LogP contribution in [0.25, 0.3) is 0 Å². The Morgan fingerprint density at radius 3 is 2.53 bits per heavy atom. The Morgan fingerprint density at radius 2 is 1.88 bits per heavy atom. The van der Waals surface area contributed by atoms with Crippen molar-refractivity contribution in [2.45, 2.75) is 4.90 Å². The van der Waals surface area contributed by atoms with Crippen LogP contribution in [0.4, 0.5) is 0 Å². The van der Waals surface area contributed by atoms with Crippen LogP contribution in [0.15, 0.2) is 58.7 Å². The van der Waals surface area contributed by atoms with Crippen molar-refractivity contribution in [1.29, 1.82) is 0 Å². The summed E-state index contributed by atoms with van der Waals surface area (Å²) in [6.07, 6.45) is 3.13. The number of benzene rings is 1. The van der Waals surface area contributed by atoms with Crippen molar-refractivity contribution < 1.29 is 8.42 Å². The van der Waals surface area contributed by atoms with Crippen molar-refractivity contribution in [3.8, 4) is 0 Å². The number of hydrazone groups is 1. The van der Waals surface area contributed by atoms with Crippen LogP contribution in [0, 0.1) is 0 Å². The van der Waals surface area contributed by atoms with E-state index in [0.29, 0.717) is 0 Å². The summed E-state index contributed by atoms with van der Waals surface area (Å²) in [7, 11) is -3.58. The Labute approximate surface area is 99.2 Å². The lowest BCUT2D eigenvalue weighted by Crippen LogP contribution is -2.18. The zero-order valence-corrected chi connectivity index (χ0v) is 9.68. The zero-order chi connectivity index (χ0) is 12.1. The summed E-state index contributed by atoms with van der Waals surface area (Å²) in [6, 6.07) is 11.7. The van der Waals surface area contributed by atoms with E-state index < -0.39 is 10.0 Å². The second-order valence-electron chi connectivity index (χ2n) is 3.29. The molecule has 0 amide bonds. The Morgan fingerprint density at radius 1 is 1.12 bits per heavy atom. The molecule has 1 heterocycles. The first-order valence-electron chi connectivity index (χ1n) is 4.92. The molecule has 2 N–H and O–H groups in total. The van der Waals surface area contributed by atoms with Gasteiger partial charge in [0.15, 0.2) is 0 Å². The average molecular weight is 249 g/mol. The number of aromatic amines is 1. The average Bonchev–Trinajstić information content (AvgIpc) is 2.83. The number of aromatic nitrogens is 1. The Kier molecular flexibility index (Phi) is 3.24. The molecule has 0 fully saturated rings. The Hall–Kier alpha value is -2.08. The molecule has 5 nitrogen and oxygen atoms in total. The van der Waals surface area contributed by atoms with E-state index in [2.05, 4.69) is 14.9 Å². The number of H-pyrrole nitrogens is 1. The molecule has 2 rings (SSSR count). The van der Waals surface area contributed by atoms with E-state index in [0.717, 1.165) is 5.69 Å². The first kappa shape index (κ1) is 11.4. The molecule has 0 spiro atoms. The fourth-order valence-corrected chi connectivity index (χ4v) is 2.05. The van der Waals surface area contributed by atoms with E-state index in [4.69, 9.17) is 0 Å². The normalized spacial score (nSPS) is 11.8. The molecule has 0 aliphatic carbocycles. The van der Waals surface area contributed by atoms with E-state index in [1.165, 1.54) is 18.3 Å². The molecule has 17 heavy (non-hydrogen) atoms. The van der Waals surface area contributed by atoms with Crippen LogP contribution in [-0.4, -0.2) is 19.6 Å². The summed E-state index contributed by atoms with van der Waals surface area (Å²) in [4.78, 5) is 5.20. The largest absolute Gasteiger partial charge is 0.360 e. The van der Waals surface area contributed by atoms with Crippen LogP contribution < -0.4 is 4.83 Å². The lowest BCUT2D eigenvalue weighted by atomic mass is 10.4. The summed E-state index contributed by atoms with van der Waals surface area (Å²) >= 11 is 0. The summed E-state index contributed by atoms with van der Waals surface area (Å²) in [5, 5.41) is 3.67. The maximum absolute atomic E-state index is 11.7. The topological polar surface area (TPSA) is 74.3 Å². The van der Waals surface area contributed by atoms with Crippen molar-refractivity contribution >= 4 is 16.2 Å². The van der Waals surface area contributed by atoms with Gasteiger partial charge in [-0.15, -0.1) is 0 Å². The molecule has 6 heteroatoms. The molecule has 2 aromatic rings. The van der Waals surface area contributed by atoms with E-state index in [1.54, 1.807) is 36.5 Å². The molecule has 0 bridgehead atoms. The van der Waals surface area contributed by atoms with Crippen LogP contribution >= 0.6 is 0 Å². The van der Waals surface area contributed by atoms with Gasteiger partial charge in [-0.05, 0) is 24.3 Å². The molecule has 0 saturated carbocycles. The molecule has 0 aliphatic rings. The standard InChI is InChI=1S/C11H11N3O2S/c15-17(16,11-6-2-1-3-7-11)14-13-9-10-5-4-8-12-10/h1-9,12,14H. The third-order valence-electron chi connectivity index (χ3n) is 2.05. The lowest BCUT2D eigenvalue weighted by molar-refractivity contribution is 0.584. The van der Waals surface area contributed by atoms with E-state index in [-0.39, 0.29) is 4.90 Å². The van der Waals surface area contributed by atoms with Crippen LogP contribution in [0.1, 0.15) is 5.69 Å². The van der Waals surface area contributed by atoms with Gasteiger partial charge in [0.1, 0.15) is 0 Å². The van der Waals surface area contributed by atoms with Crippen molar-refractivity contribution in [3.05, 3.63) is 54.4 Å². The second kappa shape index (κ2) is 4.84. The molecule has 0 aliphatic heterocycles. The first-order valence-corrected chi connectivity index (χ1v) is 6.40. The number of rotatable bonds is 4. The number of nitrogens with one attached hydrogen (secondary N) is 2. The maximum Gasteiger partial charge on any atom is 0.276 e. The van der Waals surface area contributed by atoms with E-state index >= 15 is 0 Å². The van der Waals surface area contributed by atoms with Gasteiger partial charge in [0, 0.05) is 6.20 Å². The number of nitrogens with zero attached hydrogens (tertiary/aromatic N) is 1. The van der Waals surface area contributed by atoms with E-state index in [1.807, 2.05) is 0 Å². The van der Waals surface area contributed by atoms with Crippen molar-refractivity contribution in [3.63, 3.8) is 0 Å². The summed E-state index contributed by atoms with van der Waals surface area (Å²) in [6.45, 7) is 0. The second-order valence-corrected chi connectivity index (χ2v) is 4.95. The predicted octanol–water partition coefficient (Wildman–Crippen LogP) is 1.33. The highest BCUT2D eigenvalue weighted by Gasteiger charge is 2.10. The highest BCUT2D eigenvalue weighted by atomic mass is 32.2. The van der Waals surface area contributed by atoms with Gasteiger partial charge in [-0.25, -0.2) is 4.83 Å². The Bertz CT molecular complexity index is 589. The van der Waals surface area contributed by atoms with Gasteiger partial charge in [-0.3, -0.25) is 0 Å².